The molecule has 0 bridgehead atoms. The van der Waals surface area contributed by atoms with Crippen molar-refractivity contribution >= 4 is 0 Å². The number of piperidine rings is 2. The van der Waals surface area contributed by atoms with Crippen LogP contribution in [-0.4, -0.2) is 64.8 Å². The predicted octanol–water partition coefficient (Wildman–Crippen LogP) is 2.82. The number of rotatable bonds is 4. The van der Waals surface area contributed by atoms with E-state index in [4.69, 9.17) is 0 Å². The van der Waals surface area contributed by atoms with Gasteiger partial charge in [0.1, 0.15) is 5.82 Å². The molecule has 4 rings (SSSR count). The van der Waals surface area contributed by atoms with Gasteiger partial charge in [-0.2, -0.15) is 5.10 Å². The fourth-order valence-corrected chi connectivity index (χ4v) is 4.68. The Bertz CT molecular complexity index is 678. The normalized spacial score (nSPS) is 25.5. The molecule has 2 aromatic rings. The van der Waals surface area contributed by atoms with Crippen molar-refractivity contribution in [3.8, 4) is 11.4 Å². The third kappa shape index (κ3) is 3.93. The summed E-state index contributed by atoms with van der Waals surface area (Å²) in [4.78, 5) is 9.85. The number of hydrogen-bond donors (Lipinski definition) is 1. The van der Waals surface area contributed by atoms with Crippen molar-refractivity contribution in [2.24, 2.45) is 5.41 Å². The first-order valence-corrected chi connectivity index (χ1v) is 9.60. The number of H-pyrrole nitrogens is 1. The van der Waals surface area contributed by atoms with Gasteiger partial charge in [0.05, 0.1) is 0 Å². The number of aromatic amines is 1. The molecule has 5 heteroatoms. The van der Waals surface area contributed by atoms with E-state index in [9.17, 15) is 0 Å². The van der Waals surface area contributed by atoms with Crippen molar-refractivity contribution in [3.63, 3.8) is 0 Å². The second kappa shape index (κ2) is 7.26. The summed E-state index contributed by atoms with van der Waals surface area (Å²) in [5.74, 6) is 1.80. The molecular formula is C20H29N5. The summed E-state index contributed by atoms with van der Waals surface area (Å²) in [6, 6.07) is 10.2. The van der Waals surface area contributed by atoms with E-state index in [0.29, 0.717) is 5.41 Å². The van der Waals surface area contributed by atoms with E-state index >= 15 is 0 Å². The average molecular weight is 339 g/mol. The molecular weight excluding hydrogens is 310 g/mol. The van der Waals surface area contributed by atoms with Crippen LogP contribution in [0, 0.1) is 5.41 Å². The Hall–Kier alpha value is -1.72. The molecule has 1 spiro atoms. The lowest BCUT2D eigenvalue weighted by molar-refractivity contribution is 0.0234. The molecule has 134 valence electrons. The molecule has 1 atom stereocenters. The fourth-order valence-electron chi connectivity index (χ4n) is 4.68. The second-order valence-corrected chi connectivity index (χ2v) is 7.94. The van der Waals surface area contributed by atoms with Gasteiger partial charge in [-0.15, -0.1) is 0 Å². The summed E-state index contributed by atoms with van der Waals surface area (Å²) >= 11 is 0. The average Bonchev–Trinajstić information content (AvgIpc) is 3.10. The first-order chi connectivity index (χ1) is 12.2. The number of aromatic nitrogens is 3. The van der Waals surface area contributed by atoms with E-state index in [-0.39, 0.29) is 0 Å². The summed E-state index contributed by atoms with van der Waals surface area (Å²) in [7, 11) is 2.28. The standard InChI is InChI=1S/C20H29N5/c1-24-12-5-10-20(15-24)11-6-13-25(16-20)14-9-18-21-19(23-22-18)17-7-3-2-4-8-17/h2-4,7-8H,5-6,9-16H2,1H3,(H,21,22,23)/t20-/m0/s1. The van der Waals surface area contributed by atoms with Crippen molar-refractivity contribution < 1.29 is 0 Å². The van der Waals surface area contributed by atoms with E-state index in [1.54, 1.807) is 0 Å². The Morgan fingerprint density at radius 3 is 2.68 bits per heavy atom. The number of nitrogens with one attached hydrogen (secondary N) is 1. The highest BCUT2D eigenvalue weighted by Gasteiger charge is 2.37. The maximum atomic E-state index is 4.68. The Balaban J connectivity index is 1.35. The Morgan fingerprint density at radius 1 is 1.08 bits per heavy atom. The Morgan fingerprint density at radius 2 is 1.88 bits per heavy atom. The maximum absolute atomic E-state index is 4.68. The predicted molar refractivity (Wildman–Crippen MR) is 100 cm³/mol. The molecule has 2 aliphatic heterocycles. The summed E-state index contributed by atoms with van der Waals surface area (Å²) in [6.07, 6.45) is 6.43. The van der Waals surface area contributed by atoms with Crippen LogP contribution in [0.2, 0.25) is 0 Å². The first-order valence-electron chi connectivity index (χ1n) is 9.60. The molecule has 1 aromatic heterocycles. The maximum Gasteiger partial charge on any atom is 0.181 e. The Labute approximate surface area is 150 Å². The minimum atomic E-state index is 0.530. The van der Waals surface area contributed by atoms with Crippen LogP contribution in [0.1, 0.15) is 31.5 Å². The molecule has 1 N–H and O–H groups in total. The lowest BCUT2D eigenvalue weighted by atomic mass is 9.74. The highest BCUT2D eigenvalue weighted by Crippen LogP contribution is 2.37. The van der Waals surface area contributed by atoms with E-state index in [1.165, 1.54) is 51.9 Å². The molecule has 2 saturated heterocycles. The van der Waals surface area contributed by atoms with Crippen LogP contribution in [0.5, 0.6) is 0 Å². The van der Waals surface area contributed by atoms with Crippen molar-refractivity contribution in [1.29, 1.82) is 0 Å². The van der Waals surface area contributed by atoms with Gasteiger partial charge in [0.15, 0.2) is 5.82 Å². The van der Waals surface area contributed by atoms with E-state index < -0.39 is 0 Å². The van der Waals surface area contributed by atoms with Gasteiger partial charge in [-0.3, -0.25) is 5.10 Å². The highest BCUT2D eigenvalue weighted by molar-refractivity contribution is 5.53. The third-order valence-electron chi connectivity index (χ3n) is 5.82. The molecule has 0 amide bonds. The largest absolute Gasteiger partial charge is 0.306 e. The molecule has 2 aliphatic rings. The molecule has 1 aromatic carbocycles. The van der Waals surface area contributed by atoms with Crippen molar-refractivity contribution in [1.82, 2.24) is 25.0 Å². The van der Waals surface area contributed by atoms with Crippen LogP contribution in [0.3, 0.4) is 0 Å². The van der Waals surface area contributed by atoms with E-state index in [1.807, 2.05) is 18.2 Å². The molecule has 0 unspecified atom stereocenters. The molecule has 25 heavy (non-hydrogen) atoms. The van der Waals surface area contributed by atoms with Crippen LogP contribution >= 0.6 is 0 Å². The lowest BCUT2D eigenvalue weighted by Gasteiger charge is -2.47. The lowest BCUT2D eigenvalue weighted by Crippen LogP contribution is -2.51. The minimum Gasteiger partial charge on any atom is -0.306 e. The van der Waals surface area contributed by atoms with E-state index in [0.717, 1.165) is 30.2 Å². The van der Waals surface area contributed by atoms with Crippen molar-refractivity contribution in [3.05, 3.63) is 36.2 Å². The SMILES string of the molecule is CN1CCC[C@]2(CCCN(CCc3nc(-c4ccccc4)n[nH]3)C2)C1. The summed E-state index contributed by atoms with van der Waals surface area (Å²) in [6.45, 7) is 6.09. The first kappa shape index (κ1) is 16.7. The monoisotopic (exact) mass is 339 g/mol. The minimum absolute atomic E-state index is 0.530. The Kier molecular flexibility index (Phi) is 4.86. The zero-order chi connectivity index (χ0) is 17.1. The summed E-state index contributed by atoms with van der Waals surface area (Å²) in [5, 5.41) is 7.51. The molecule has 2 fully saturated rings. The number of hydrogen-bond acceptors (Lipinski definition) is 4. The smallest absolute Gasteiger partial charge is 0.181 e. The topological polar surface area (TPSA) is 48.1 Å². The van der Waals surface area contributed by atoms with Crippen LogP contribution in [0.25, 0.3) is 11.4 Å². The summed E-state index contributed by atoms with van der Waals surface area (Å²) < 4.78 is 0. The molecule has 0 aliphatic carbocycles. The van der Waals surface area contributed by atoms with Gasteiger partial charge in [-0.25, -0.2) is 4.98 Å². The van der Waals surface area contributed by atoms with Gasteiger partial charge in [-0.1, -0.05) is 30.3 Å². The highest BCUT2D eigenvalue weighted by atomic mass is 15.2. The molecule has 3 heterocycles. The van der Waals surface area contributed by atoms with Crippen molar-refractivity contribution in [2.45, 2.75) is 32.1 Å². The van der Waals surface area contributed by atoms with Crippen LogP contribution in [0.4, 0.5) is 0 Å². The zero-order valence-electron chi connectivity index (χ0n) is 15.2. The molecule has 5 nitrogen and oxygen atoms in total. The van der Waals surface area contributed by atoms with Crippen LogP contribution < -0.4 is 0 Å². The van der Waals surface area contributed by atoms with Crippen LogP contribution in [0.15, 0.2) is 30.3 Å². The second-order valence-electron chi connectivity index (χ2n) is 7.94. The number of likely N-dealkylation sites (tertiary alicyclic amines) is 2. The number of benzene rings is 1. The van der Waals surface area contributed by atoms with Crippen molar-refractivity contribution in [2.75, 3.05) is 39.8 Å². The quantitative estimate of drug-likeness (QED) is 0.930. The van der Waals surface area contributed by atoms with Crippen LogP contribution in [-0.2, 0) is 6.42 Å². The molecule has 0 radical (unpaired) electrons. The summed E-state index contributed by atoms with van der Waals surface area (Å²) in [5.41, 5.74) is 1.61. The van der Waals surface area contributed by atoms with Gasteiger partial charge < -0.3 is 9.80 Å². The van der Waals surface area contributed by atoms with Gasteiger partial charge in [-0.05, 0) is 51.2 Å². The van der Waals surface area contributed by atoms with Gasteiger partial charge in [0.2, 0.25) is 0 Å². The number of nitrogens with zero attached hydrogens (tertiary/aromatic N) is 4. The van der Waals surface area contributed by atoms with Gasteiger partial charge in [0.25, 0.3) is 0 Å². The van der Waals surface area contributed by atoms with Gasteiger partial charge >= 0.3 is 0 Å². The fraction of sp³-hybridized carbons (Fsp3) is 0.600. The molecule has 0 saturated carbocycles. The van der Waals surface area contributed by atoms with E-state index in [2.05, 4.69) is 44.2 Å². The van der Waals surface area contributed by atoms with Gasteiger partial charge in [0, 0.05) is 31.6 Å². The third-order valence-corrected chi connectivity index (χ3v) is 5.82. The zero-order valence-corrected chi connectivity index (χ0v) is 15.2.